The third-order valence-electron chi connectivity index (χ3n) is 3.98. The minimum atomic E-state index is -3.77. The molecule has 0 aliphatic carbocycles. The second-order valence-electron chi connectivity index (χ2n) is 6.39. The smallest absolute Gasteiger partial charge is 0.264 e. The van der Waals surface area contributed by atoms with Crippen molar-refractivity contribution >= 4 is 10.1 Å². The lowest BCUT2D eigenvalue weighted by atomic mass is 10.1. The van der Waals surface area contributed by atoms with Crippen LogP contribution in [0.1, 0.15) is 90.4 Å². The Bertz CT molecular complexity index is 376. The zero-order chi connectivity index (χ0) is 17.4. The Morgan fingerprint density at radius 3 is 1.91 bits per heavy atom. The van der Waals surface area contributed by atoms with Gasteiger partial charge in [-0.05, 0) is 25.7 Å². The molecule has 0 radical (unpaired) electrons. The predicted molar refractivity (Wildman–Crippen MR) is 97.3 cm³/mol. The highest BCUT2D eigenvalue weighted by molar-refractivity contribution is 7.85. The number of rotatable bonds is 16. The second kappa shape index (κ2) is 15.2. The number of aliphatic hydroxyl groups is 1. The summed E-state index contributed by atoms with van der Waals surface area (Å²) in [7, 11) is -3.77. The Morgan fingerprint density at radius 2 is 1.39 bits per heavy atom. The molecule has 0 spiro atoms. The zero-order valence-electron chi connectivity index (χ0n) is 14.8. The molecule has 0 bridgehead atoms. The van der Waals surface area contributed by atoms with Crippen molar-refractivity contribution < 1.29 is 18.1 Å². The van der Waals surface area contributed by atoms with Gasteiger partial charge in [-0.2, -0.15) is 8.42 Å². The predicted octanol–water partition coefficient (Wildman–Crippen LogP) is 4.88. The van der Waals surface area contributed by atoms with Gasteiger partial charge in [0.05, 0.1) is 11.9 Å². The van der Waals surface area contributed by atoms with Crippen molar-refractivity contribution in [2.24, 2.45) is 0 Å². The molecule has 2 N–H and O–H groups in total. The summed E-state index contributed by atoms with van der Waals surface area (Å²) < 4.78 is 29.7. The number of hydrogen-bond donors (Lipinski definition) is 2. The molecule has 0 rings (SSSR count). The minimum Gasteiger partial charge on any atom is -0.389 e. The molecule has 0 saturated carbocycles. The first-order chi connectivity index (χ1) is 11.0. The monoisotopic (exact) mass is 348 g/mol. The molecule has 0 unspecified atom stereocenters. The third-order valence-corrected chi connectivity index (χ3v) is 4.79. The van der Waals surface area contributed by atoms with Gasteiger partial charge in [-0.3, -0.25) is 4.55 Å². The molecule has 23 heavy (non-hydrogen) atoms. The molecule has 138 valence electrons. The van der Waals surface area contributed by atoms with Crippen molar-refractivity contribution in [1.29, 1.82) is 0 Å². The van der Waals surface area contributed by atoms with E-state index >= 15 is 0 Å². The molecular weight excluding hydrogens is 312 g/mol. The Balaban J connectivity index is 3.23. The van der Waals surface area contributed by atoms with Crippen molar-refractivity contribution in [2.45, 2.75) is 96.5 Å². The van der Waals surface area contributed by atoms with Gasteiger partial charge in [-0.1, -0.05) is 76.9 Å². The first kappa shape index (κ1) is 22.6. The van der Waals surface area contributed by atoms with E-state index in [1.54, 1.807) is 0 Å². The number of hydrogen-bond acceptors (Lipinski definition) is 3. The molecule has 0 aromatic rings. The molecule has 0 aliphatic rings. The summed E-state index contributed by atoms with van der Waals surface area (Å²) in [5, 5.41) is 9.65. The summed E-state index contributed by atoms with van der Waals surface area (Å²) >= 11 is 0. The fourth-order valence-corrected chi connectivity index (χ4v) is 3.12. The average molecular weight is 349 g/mol. The molecule has 0 amide bonds. The van der Waals surface area contributed by atoms with Gasteiger partial charge in [0.15, 0.2) is 0 Å². The van der Waals surface area contributed by atoms with Crippen molar-refractivity contribution in [3.05, 3.63) is 12.2 Å². The van der Waals surface area contributed by atoms with E-state index in [-0.39, 0.29) is 11.9 Å². The van der Waals surface area contributed by atoms with Gasteiger partial charge in [0, 0.05) is 0 Å². The SMILES string of the molecule is CCCC[C@@H](O)C=CCCCCCCCCCCCS(=O)(=O)O. The highest BCUT2D eigenvalue weighted by atomic mass is 32.2. The van der Waals surface area contributed by atoms with Crippen LogP contribution in [0.5, 0.6) is 0 Å². The summed E-state index contributed by atoms with van der Waals surface area (Å²) in [5.74, 6) is -0.104. The van der Waals surface area contributed by atoms with Gasteiger partial charge in [0.2, 0.25) is 0 Å². The Labute approximate surface area is 143 Å². The van der Waals surface area contributed by atoms with Crippen LogP contribution < -0.4 is 0 Å². The lowest BCUT2D eigenvalue weighted by Crippen LogP contribution is -2.03. The highest BCUT2D eigenvalue weighted by Gasteiger charge is 2.02. The Hall–Kier alpha value is -0.390. The van der Waals surface area contributed by atoms with Crippen molar-refractivity contribution in [3.63, 3.8) is 0 Å². The van der Waals surface area contributed by atoms with E-state index in [0.29, 0.717) is 6.42 Å². The van der Waals surface area contributed by atoms with Crippen LogP contribution in [0.3, 0.4) is 0 Å². The first-order valence-corrected chi connectivity index (χ1v) is 10.9. The maximum atomic E-state index is 10.5. The van der Waals surface area contributed by atoms with E-state index in [9.17, 15) is 13.5 Å². The zero-order valence-corrected chi connectivity index (χ0v) is 15.6. The third kappa shape index (κ3) is 19.6. The van der Waals surface area contributed by atoms with E-state index in [2.05, 4.69) is 13.0 Å². The highest BCUT2D eigenvalue weighted by Crippen LogP contribution is 2.11. The first-order valence-electron chi connectivity index (χ1n) is 9.25. The van der Waals surface area contributed by atoms with Gasteiger partial charge in [0.1, 0.15) is 0 Å². The largest absolute Gasteiger partial charge is 0.389 e. The van der Waals surface area contributed by atoms with Gasteiger partial charge in [-0.15, -0.1) is 0 Å². The lowest BCUT2D eigenvalue weighted by Gasteiger charge is -2.03. The van der Waals surface area contributed by atoms with Crippen LogP contribution in [-0.2, 0) is 10.1 Å². The van der Waals surface area contributed by atoms with Gasteiger partial charge >= 0.3 is 0 Å². The summed E-state index contributed by atoms with van der Waals surface area (Å²) in [5.41, 5.74) is 0. The van der Waals surface area contributed by atoms with Crippen LogP contribution in [0.15, 0.2) is 12.2 Å². The van der Waals surface area contributed by atoms with Gasteiger partial charge in [-0.25, -0.2) is 0 Å². The van der Waals surface area contributed by atoms with Crippen LogP contribution in [0.2, 0.25) is 0 Å². The topological polar surface area (TPSA) is 74.6 Å². The van der Waals surface area contributed by atoms with E-state index in [1.165, 1.54) is 32.1 Å². The maximum absolute atomic E-state index is 10.5. The summed E-state index contributed by atoms with van der Waals surface area (Å²) in [6, 6.07) is 0. The number of aliphatic hydroxyl groups excluding tert-OH is 1. The van der Waals surface area contributed by atoms with Crippen LogP contribution in [0.25, 0.3) is 0 Å². The van der Waals surface area contributed by atoms with E-state index in [4.69, 9.17) is 4.55 Å². The summed E-state index contributed by atoms with van der Waals surface area (Å²) in [6.07, 6.45) is 17.7. The van der Waals surface area contributed by atoms with Crippen molar-refractivity contribution in [3.8, 4) is 0 Å². The van der Waals surface area contributed by atoms with Crippen molar-refractivity contribution in [2.75, 3.05) is 5.75 Å². The average Bonchev–Trinajstić information content (AvgIpc) is 2.48. The number of unbranched alkanes of at least 4 members (excludes halogenated alkanes) is 10. The molecule has 5 heteroatoms. The quantitative estimate of drug-likeness (QED) is 0.237. The van der Waals surface area contributed by atoms with Crippen LogP contribution in [-0.4, -0.2) is 29.9 Å². The minimum absolute atomic E-state index is 0.104. The molecule has 0 heterocycles. The standard InChI is InChI=1S/C18H36O4S/c1-2-3-15-18(19)16-13-11-9-7-5-4-6-8-10-12-14-17-23(20,21)22/h13,16,18-19H,2-12,14-15,17H2,1H3,(H,20,21,22)/t18-/m1/s1. The molecular formula is C18H36O4S. The van der Waals surface area contributed by atoms with Crippen LogP contribution >= 0.6 is 0 Å². The normalized spacial score (nSPS) is 13.7. The summed E-state index contributed by atoms with van der Waals surface area (Å²) in [6.45, 7) is 2.13. The molecule has 4 nitrogen and oxygen atoms in total. The Kier molecular flexibility index (Phi) is 14.9. The number of allylic oxidation sites excluding steroid dienone is 1. The molecule has 0 aliphatic heterocycles. The fourth-order valence-electron chi connectivity index (χ4n) is 2.55. The molecule has 0 fully saturated rings. The van der Waals surface area contributed by atoms with E-state index in [0.717, 1.165) is 44.9 Å². The van der Waals surface area contributed by atoms with Gasteiger partial charge in [0.25, 0.3) is 10.1 Å². The molecule has 0 saturated heterocycles. The van der Waals surface area contributed by atoms with Crippen molar-refractivity contribution in [1.82, 2.24) is 0 Å². The van der Waals surface area contributed by atoms with E-state index in [1.807, 2.05) is 6.08 Å². The molecule has 0 aromatic carbocycles. The lowest BCUT2D eigenvalue weighted by molar-refractivity contribution is 0.209. The fraction of sp³-hybridized carbons (Fsp3) is 0.889. The maximum Gasteiger partial charge on any atom is 0.264 e. The Morgan fingerprint density at radius 1 is 0.870 bits per heavy atom. The van der Waals surface area contributed by atoms with Crippen LogP contribution in [0.4, 0.5) is 0 Å². The molecule has 1 atom stereocenters. The summed E-state index contributed by atoms with van der Waals surface area (Å²) in [4.78, 5) is 0. The second-order valence-corrected chi connectivity index (χ2v) is 7.97. The van der Waals surface area contributed by atoms with Gasteiger partial charge < -0.3 is 5.11 Å². The van der Waals surface area contributed by atoms with Crippen LogP contribution in [0, 0.1) is 0 Å². The molecule has 0 aromatic heterocycles. The van der Waals surface area contributed by atoms with E-state index < -0.39 is 10.1 Å².